The van der Waals surface area contributed by atoms with Gasteiger partial charge in [-0.1, -0.05) is 24.3 Å². The third kappa shape index (κ3) is 4.78. The highest BCUT2D eigenvalue weighted by Crippen LogP contribution is 2.53. The monoisotopic (exact) mass is 560 g/mol. The van der Waals surface area contributed by atoms with E-state index >= 15 is 0 Å². The Morgan fingerprint density at radius 2 is 1.80 bits per heavy atom. The number of carboxylic acids is 1. The molecule has 1 N–H and O–H groups in total. The summed E-state index contributed by atoms with van der Waals surface area (Å²) < 4.78 is 20.2. The van der Waals surface area contributed by atoms with E-state index in [2.05, 4.69) is 0 Å². The second kappa shape index (κ2) is 10.4. The summed E-state index contributed by atoms with van der Waals surface area (Å²) in [6.45, 7) is 5.44. The zero-order valence-electron chi connectivity index (χ0n) is 24.5. The van der Waals surface area contributed by atoms with Gasteiger partial charge < -0.3 is 28.8 Å². The van der Waals surface area contributed by atoms with Crippen molar-refractivity contribution in [2.45, 2.75) is 38.9 Å². The minimum Gasteiger partial charge on any atom is -0.496 e. The lowest BCUT2D eigenvalue weighted by atomic mass is 9.70. The van der Waals surface area contributed by atoms with Gasteiger partial charge in [-0.3, -0.25) is 14.4 Å². The molecule has 1 aliphatic heterocycles. The van der Waals surface area contributed by atoms with E-state index in [0.29, 0.717) is 51.8 Å². The number of methoxy groups -OCH3 is 1. The number of rotatable bonds is 7. The number of aromatic nitrogens is 1. The number of pyridine rings is 1. The number of carbonyl (C=O) groups is 2. The number of ether oxygens (including phenoxy) is 3. The predicted octanol–water partition coefficient (Wildman–Crippen LogP) is 4.90. The van der Waals surface area contributed by atoms with Crippen molar-refractivity contribution in [3.63, 3.8) is 0 Å². The lowest BCUT2D eigenvalue weighted by Gasteiger charge is -2.47. The quantitative estimate of drug-likeness (QED) is 0.251. The van der Waals surface area contributed by atoms with Crippen molar-refractivity contribution >= 4 is 44.5 Å². The summed E-state index contributed by atoms with van der Waals surface area (Å²) in [5, 5.41) is 13.1. The van der Waals surface area contributed by atoms with E-state index in [0.717, 1.165) is 10.8 Å². The van der Waals surface area contributed by atoms with Gasteiger partial charge in [0.15, 0.2) is 0 Å². The summed E-state index contributed by atoms with van der Waals surface area (Å²) in [4.78, 5) is 41.4. The number of nitrogens with zero attached hydrogens (tertiary/aromatic N) is 2. The first-order valence-electron chi connectivity index (χ1n) is 13.7. The Hall–Kier alpha value is -4.11. The molecular formula is C32H36N2O7. The number of benzene rings is 3. The van der Waals surface area contributed by atoms with Crippen LogP contribution < -0.4 is 14.9 Å². The fourth-order valence-electron chi connectivity index (χ4n) is 6.42. The second-order valence-electron chi connectivity index (χ2n) is 11.6. The highest BCUT2D eigenvalue weighted by molar-refractivity contribution is 6.04. The summed E-state index contributed by atoms with van der Waals surface area (Å²) in [5.74, 6) is -2.50. The minimum atomic E-state index is -1.03. The molecule has 3 atom stereocenters. The van der Waals surface area contributed by atoms with E-state index in [1.54, 1.807) is 6.07 Å². The van der Waals surface area contributed by atoms with E-state index in [1.807, 2.05) is 80.9 Å². The van der Waals surface area contributed by atoms with Crippen LogP contribution in [0.5, 0.6) is 11.5 Å². The summed E-state index contributed by atoms with van der Waals surface area (Å²) >= 11 is 0. The fraction of sp³-hybridized carbons (Fsp3) is 0.406. The van der Waals surface area contributed by atoms with Crippen LogP contribution in [-0.4, -0.2) is 59.9 Å². The Labute approximate surface area is 238 Å². The molecule has 0 amide bonds. The van der Waals surface area contributed by atoms with Gasteiger partial charge in [-0.15, -0.1) is 0 Å². The Bertz CT molecular complexity index is 1750. The number of hydrogen-bond acceptors (Lipinski definition) is 7. The zero-order chi connectivity index (χ0) is 29.8. The second-order valence-corrected chi connectivity index (χ2v) is 11.6. The van der Waals surface area contributed by atoms with E-state index in [-0.39, 0.29) is 5.43 Å². The third-order valence-corrected chi connectivity index (χ3v) is 8.24. The number of aliphatic carboxylic acids is 1. The molecule has 41 heavy (non-hydrogen) atoms. The van der Waals surface area contributed by atoms with Crippen molar-refractivity contribution in [3.8, 4) is 11.5 Å². The van der Waals surface area contributed by atoms with Gasteiger partial charge in [-0.05, 0) is 63.8 Å². The molecule has 3 aromatic carbocycles. The van der Waals surface area contributed by atoms with E-state index in [1.165, 1.54) is 14.0 Å². The van der Waals surface area contributed by atoms with Crippen LogP contribution in [0.25, 0.3) is 32.6 Å². The smallest absolute Gasteiger partial charge is 0.307 e. The first kappa shape index (κ1) is 28.4. The number of hydrogen-bond donors (Lipinski definition) is 1. The topological polar surface area (TPSA) is 107 Å². The number of aryl methyl sites for hydroxylation is 1. The van der Waals surface area contributed by atoms with Crippen LogP contribution in [0.4, 0.5) is 0 Å². The van der Waals surface area contributed by atoms with Crippen LogP contribution in [-0.2, 0) is 21.4 Å². The Morgan fingerprint density at radius 1 is 1.15 bits per heavy atom. The van der Waals surface area contributed by atoms with Gasteiger partial charge >= 0.3 is 11.9 Å². The molecule has 216 valence electrons. The largest absolute Gasteiger partial charge is 0.496 e. The molecule has 2 heterocycles. The van der Waals surface area contributed by atoms with Crippen molar-refractivity contribution in [1.29, 1.82) is 0 Å². The molecule has 0 radical (unpaired) electrons. The molecule has 5 rings (SSSR count). The SMILES string of the molecule is COc1cc2c(c3c1c(=O)c1cc4ccccc4cc1n3C)C(OC(C)=O)C(C(CCN(C)C)C(=O)O)C(C)(C)O2. The van der Waals surface area contributed by atoms with Crippen LogP contribution in [0.1, 0.15) is 38.9 Å². The molecule has 3 unspecified atom stereocenters. The average molecular weight is 561 g/mol. The molecule has 9 nitrogen and oxygen atoms in total. The number of esters is 1. The first-order chi connectivity index (χ1) is 19.4. The molecule has 0 aliphatic carbocycles. The summed E-state index contributed by atoms with van der Waals surface area (Å²) in [6, 6.07) is 13.3. The lowest BCUT2D eigenvalue weighted by molar-refractivity contribution is -0.170. The molecule has 4 aromatic rings. The van der Waals surface area contributed by atoms with Crippen molar-refractivity contribution in [2.24, 2.45) is 18.9 Å². The molecule has 0 saturated heterocycles. The van der Waals surface area contributed by atoms with Gasteiger partial charge in [0, 0.05) is 25.4 Å². The molecule has 0 bridgehead atoms. The molecule has 0 spiro atoms. The average Bonchev–Trinajstić information content (AvgIpc) is 2.90. The number of carboxylic acid groups (broad SMARTS) is 1. The maximum absolute atomic E-state index is 14.2. The normalized spacial score (nSPS) is 18.7. The molecule has 1 aromatic heterocycles. The summed E-state index contributed by atoms with van der Waals surface area (Å²) in [6.07, 6.45) is -0.680. The van der Waals surface area contributed by atoms with Gasteiger partial charge in [0.05, 0.1) is 40.9 Å². The highest BCUT2D eigenvalue weighted by Gasteiger charge is 2.52. The summed E-state index contributed by atoms with van der Waals surface area (Å²) in [5.41, 5.74) is 0.361. The maximum Gasteiger partial charge on any atom is 0.307 e. The Kier molecular flexibility index (Phi) is 7.19. The zero-order valence-corrected chi connectivity index (χ0v) is 24.5. The van der Waals surface area contributed by atoms with Crippen molar-refractivity contribution in [3.05, 3.63) is 58.3 Å². The maximum atomic E-state index is 14.2. The van der Waals surface area contributed by atoms with E-state index in [9.17, 15) is 19.5 Å². The summed E-state index contributed by atoms with van der Waals surface area (Å²) in [7, 11) is 7.10. The van der Waals surface area contributed by atoms with E-state index < -0.39 is 35.5 Å². The Morgan fingerprint density at radius 3 is 2.39 bits per heavy atom. The van der Waals surface area contributed by atoms with Crippen LogP contribution in [0.15, 0.2) is 47.3 Å². The molecule has 0 saturated carbocycles. The van der Waals surface area contributed by atoms with E-state index in [4.69, 9.17) is 14.2 Å². The van der Waals surface area contributed by atoms with Gasteiger partial charge in [0.2, 0.25) is 5.43 Å². The van der Waals surface area contributed by atoms with Crippen molar-refractivity contribution < 1.29 is 28.9 Å². The molecule has 9 heteroatoms. The van der Waals surface area contributed by atoms with Crippen LogP contribution in [0.2, 0.25) is 0 Å². The highest BCUT2D eigenvalue weighted by atomic mass is 16.6. The predicted molar refractivity (Wildman–Crippen MR) is 158 cm³/mol. The number of carbonyl (C=O) groups excluding carboxylic acids is 1. The van der Waals surface area contributed by atoms with Gasteiger partial charge in [-0.25, -0.2) is 0 Å². The van der Waals surface area contributed by atoms with Gasteiger partial charge in [-0.2, -0.15) is 0 Å². The standard InChI is InChI=1S/C32H36N2O7/c1-17(35)40-30-26-24(41-32(2,3)27(30)20(31(37)38)12-13-33(4)5)16-23(39-7)25-28(26)34(6)22-15-19-11-9-8-10-18(19)14-21(22)29(25)36/h8-11,14-16,20,27,30H,12-13H2,1-7H3,(H,37,38). The third-order valence-electron chi connectivity index (χ3n) is 8.24. The molecule has 0 fully saturated rings. The van der Waals surface area contributed by atoms with Gasteiger partial charge in [0.1, 0.15) is 23.2 Å². The van der Waals surface area contributed by atoms with Crippen molar-refractivity contribution in [2.75, 3.05) is 27.7 Å². The Balaban J connectivity index is 1.90. The lowest BCUT2D eigenvalue weighted by Crippen LogP contribution is -2.51. The first-order valence-corrected chi connectivity index (χ1v) is 13.7. The van der Waals surface area contributed by atoms with Crippen molar-refractivity contribution in [1.82, 2.24) is 9.47 Å². The number of fused-ring (bicyclic) bond motifs is 5. The minimum absolute atomic E-state index is 0.233. The van der Waals surface area contributed by atoms with Crippen LogP contribution >= 0.6 is 0 Å². The molecular weight excluding hydrogens is 524 g/mol. The fourth-order valence-corrected chi connectivity index (χ4v) is 6.42. The van der Waals surface area contributed by atoms with Crippen LogP contribution in [0.3, 0.4) is 0 Å². The van der Waals surface area contributed by atoms with Gasteiger partial charge in [0.25, 0.3) is 0 Å². The van der Waals surface area contributed by atoms with Crippen LogP contribution in [0, 0.1) is 11.8 Å². The molecule has 1 aliphatic rings.